The van der Waals surface area contributed by atoms with Crippen LogP contribution in [0.25, 0.3) is 11.1 Å². The van der Waals surface area contributed by atoms with E-state index in [-0.39, 0.29) is 22.8 Å². The number of nitriles is 1. The number of hydrogen-bond acceptors (Lipinski definition) is 8. The molecule has 0 saturated heterocycles. The molecule has 32 heavy (non-hydrogen) atoms. The van der Waals surface area contributed by atoms with Crippen molar-refractivity contribution in [3.63, 3.8) is 0 Å². The molecule has 0 aliphatic heterocycles. The van der Waals surface area contributed by atoms with Crippen molar-refractivity contribution >= 4 is 27.3 Å². The van der Waals surface area contributed by atoms with Crippen LogP contribution >= 0.6 is 15.9 Å². The van der Waals surface area contributed by atoms with Crippen molar-refractivity contribution in [3.8, 4) is 34.4 Å². The largest absolute Gasteiger partial charge is 0.493 e. The van der Waals surface area contributed by atoms with Gasteiger partial charge in [-0.15, -0.1) is 0 Å². The van der Waals surface area contributed by atoms with E-state index in [1.807, 2.05) is 6.07 Å². The topological polar surface area (TPSA) is 161 Å². The molecular formula is C20H13BrN4O7. The van der Waals surface area contributed by atoms with Crippen LogP contribution in [0.2, 0.25) is 0 Å². The minimum Gasteiger partial charge on any atom is -0.493 e. The lowest BCUT2D eigenvalue weighted by Crippen LogP contribution is -2.12. The van der Waals surface area contributed by atoms with Crippen LogP contribution in [0.5, 0.6) is 17.2 Å². The molecule has 162 valence electrons. The van der Waals surface area contributed by atoms with E-state index in [0.29, 0.717) is 21.3 Å². The van der Waals surface area contributed by atoms with E-state index in [4.69, 9.17) is 9.47 Å². The molecule has 0 aliphatic rings. The summed E-state index contributed by atoms with van der Waals surface area (Å²) in [6.45, 7) is 1.67. The first kappa shape index (κ1) is 22.4. The van der Waals surface area contributed by atoms with Crippen molar-refractivity contribution in [2.45, 2.75) is 6.92 Å². The van der Waals surface area contributed by atoms with Gasteiger partial charge in [0.15, 0.2) is 11.5 Å². The molecular weight excluding hydrogens is 488 g/mol. The second-order valence-corrected chi connectivity index (χ2v) is 7.29. The van der Waals surface area contributed by atoms with Gasteiger partial charge in [0, 0.05) is 17.3 Å². The van der Waals surface area contributed by atoms with Gasteiger partial charge < -0.3 is 14.5 Å². The number of aryl methyl sites for hydroxylation is 1. The van der Waals surface area contributed by atoms with Crippen molar-refractivity contribution in [1.82, 2.24) is 4.98 Å². The minimum absolute atomic E-state index is 0.0632. The van der Waals surface area contributed by atoms with E-state index in [9.17, 15) is 30.3 Å². The minimum atomic E-state index is -0.796. The Morgan fingerprint density at radius 3 is 2.41 bits per heavy atom. The normalized spacial score (nSPS) is 10.3. The molecule has 0 bridgehead atoms. The molecule has 2 aromatic carbocycles. The Morgan fingerprint density at radius 2 is 1.81 bits per heavy atom. The quantitative estimate of drug-likeness (QED) is 0.379. The highest BCUT2D eigenvalue weighted by molar-refractivity contribution is 9.10. The number of rotatable bonds is 6. The molecule has 3 aromatic rings. The number of halogens is 1. The first-order valence-electron chi connectivity index (χ1n) is 8.78. The maximum absolute atomic E-state index is 12.1. The summed E-state index contributed by atoms with van der Waals surface area (Å²) < 4.78 is 11.3. The van der Waals surface area contributed by atoms with Crippen LogP contribution in [0, 0.1) is 38.5 Å². The second-order valence-electron chi connectivity index (χ2n) is 6.44. The van der Waals surface area contributed by atoms with E-state index in [2.05, 4.69) is 20.9 Å². The molecule has 0 aliphatic carbocycles. The lowest BCUT2D eigenvalue weighted by Gasteiger charge is -2.15. The average Bonchev–Trinajstić information content (AvgIpc) is 2.74. The SMILES string of the molecule is COc1cc(-c2cc(C)[nH]c(=O)c2C#N)cc(Br)c1Oc1ccc([N+](=O)[O-])cc1[N+](=O)[O-]. The van der Waals surface area contributed by atoms with E-state index in [1.54, 1.807) is 19.1 Å². The lowest BCUT2D eigenvalue weighted by molar-refractivity contribution is -0.394. The summed E-state index contributed by atoms with van der Waals surface area (Å²) in [5.74, 6) is -0.0332. The summed E-state index contributed by atoms with van der Waals surface area (Å²) in [5, 5.41) is 31.7. The van der Waals surface area contributed by atoms with Crippen LogP contribution in [-0.4, -0.2) is 21.9 Å². The number of H-pyrrole nitrogens is 1. The zero-order valence-corrected chi connectivity index (χ0v) is 18.1. The summed E-state index contributed by atoms with van der Waals surface area (Å²) in [7, 11) is 1.34. The van der Waals surface area contributed by atoms with Gasteiger partial charge in [-0.3, -0.25) is 25.0 Å². The van der Waals surface area contributed by atoms with Gasteiger partial charge in [0.2, 0.25) is 5.75 Å². The smallest absolute Gasteiger partial charge is 0.318 e. The molecule has 0 saturated carbocycles. The highest BCUT2D eigenvalue weighted by Gasteiger charge is 2.24. The molecule has 0 radical (unpaired) electrons. The van der Waals surface area contributed by atoms with Gasteiger partial charge in [0.1, 0.15) is 11.6 Å². The Morgan fingerprint density at radius 1 is 1.09 bits per heavy atom. The molecule has 0 spiro atoms. The van der Waals surface area contributed by atoms with Gasteiger partial charge in [-0.05, 0) is 52.7 Å². The average molecular weight is 501 g/mol. The molecule has 12 heteroatoms. The molecule has 11 nitrogen and oxygen atoms in total. The van der Waals surface area contributed by atoms with Crippen LogP contribution in [0.4, 0.5) is 11.4 Å². The third-order valence-electron chi connectivity index (χ3n) is 4.38. The molecule has 1 N–H and O–H groups in total. The fourth-order valence-corrected chi connectivity index (χ4v) is 3.48. The van der Waals surface area contributed by atoms with Gasteiger partial charge in [-0.1, -0.05) is 0 Å². The van der Waals surface area contributed by atoms with Crippen LogP contribution in [0.3, 0.4) is 0 Å². The Hall–Kier alpha value is -4.24. The first-order valence-corrected chi connectivity index (χ1v) is 9.58. The Kier molecular flexibility index (Phi) is 6.22. The molecule has 1 heterocycles. The third kappa shape index (κ3) is 4.28. The third-order valence-corrected chi connectivity index (χ3v) is 4.97. The zero-order valence-electron chi connectivity index (χ0n) is 16.5. The highest BCUT2D eigenvalue weighted by atomic mass is 79.9. The maximum Gasteiger partial charge on any atom is 0.318 e. The standard InChI is InChI=1S/C20H13BrN4O7/c1-10-5-13(14(9-22)20(26)23-10)11-6-15(21)19(18(7-11)31-2)32-17-4-3-12(24(27)28)8-16(17)25(29)30/h3-8H,1-2H3,(H,23,26). The number of nitro groups is 2. The molecule has 0 amide bonds. The van der Waals surface area contributed by atoms with Gasteiger partial charge in [-0.25, -0.2) is 0 Å². The number of pyridine rings is 1. The predicted octanol–water partition coefficient (Wildman–Crippen LogP) is 4.60. The number of benzene rings is 2. The summed E-state index contributed by atoms with van der Waals surface area (Å²) in [6.07, 6.45) is 0. The number of aromatic nitrogens is 1. The number of non-ortho nitro benzene ring substituents is 1. The van der Waals surface area contributed by atoms with E-state index in [1.165, 1.54) is 13.2 Å². The molecule has 1 aromatic heterocycles. The van der Waals surface area contributed by atoms with Crippen molar-refractivity contribution in [2.24, 2.45) is 0 Å². The number of ether oxygens (including phenoxy) is 2. The summed E-state index contributed by atoms with van der Waals surface area (Å²) in [4.78, 5) is 35.5. The summed E-state index contributed by atoms with van der Waals surface area (Å²) >= 11 is 3.32. The number of nitrogens with one attached hydrogen (secondary N) is 1. The van der Waals surface area contributed by atoms with Crippen molar-refractivity contribution < 1.29 is 19.3 Å². The monoisotopic (exact) mass is 500 g/mol. The van der Waals surface area contributed by atoms with Crippen LogP contribution in [0.15, 0.2) is 45.7 Å². The molecule has 0 fully saturated rings. The van der Waals surface area contributed by atoms with Gasteiger partial charge >= 0.3 is 5.69 Å². The van der Waals surface area contributed by atoms with Crippen molar-refractivity contribution in [1.29, 1.82) is 5.26 Å². The second kappa shape index (κ2) is 8.86. The Balaban J connectivity index is 2.15. The summed E-state index contributed by atoms with van der Waals surface area (Å²) in [5.41, 5.74) is -0.330. The Bertz CT molecular complexity index is 1360. The van der Waals surface area contributed by atoms with Crippen LogP contribution in [-0.2, 0) is 0 Å². The van der Waals surface area contributed by atoms with E-state index >= 15 is 0 Å². The van der Waals surface area contributed by atoms with Crippen molar-refractivity contribution in [2.75, 3.05) is 7.11 Å². The fraction of sp³-hybridized carbons (Fsp3) is 0.100. The molecule has 0 atom stereocenters. The summed E-state index contributed by atoms with van der Waals surface area (Å²) in [6, 6.07) is 9.56. The maximum atomic E-state index is 12.1. The number of methoxy groups -OCH3 is 1. The van der Waals surface area contributed by atoms with Gasteiger partial charge in [0.25, 0.3) is 11.2 Å². The van der Waals surface area contributed by atoms with Crippen molar-refractivity contribution in [3.05, 3.63) is 82.7 Å². The number of aromatic amines is 1. The van der Waals surface area contributed by atoms with E-state index < -0.39 is 26.8 Å². The fourth-order valence-electron chi connectivity index (χ4n) is 2.96. The Labute approximate surface area is 188 Å². The highest BCUT2D eigenvalue weighted by Crippen LogP contribution is 2.44. The van der Waals surface area contributed by atoms with Gasteiger partial charge in [0.05, 0.1) is 27.5 Å². The first-order chi connectivity index (χ1) is 15.2. The lowest BCUT2D eigenvalue weighted by atomic mass is 10.0. The molecule has 3 rings (SSSR count). The number of nitrogens with zero attached hydrogens (tertiary/aromatic N) is 3. The number of nitro benzene ring substituents is 2. The predicted molar refractivity (Wildman–Crippen MR) is 116 cm³/mol. The zero-order chi connectivity index (χ0) is 23.6. The number of hydrogen-bond donors (Lipinski definition) is 1. The van der Waals surface area contributed by atoms with Gasteiger partial charge in [-0.2, -0.15) is 5.26 Å². The van der Waals surface area contributed by atoms with Crippen LogP contribution in [0.1, 0.15) is 11.3 Å². The molecule has 0 unspecified atom stereocenters. The van der Waals surface area contributed by atoms with E-state index in [0.717, 1.165) is 18.2 Å². The van der Waals surface area contributed by atoms with Crippen LogP contribution < -0.4 is 15.0 Å².